The zero-order valence-electron chi connectivity index (χ0n) is 12.5. The lowest BCUT2D eigenvalue weighted by Gasteiger charge is -2.25. The third-order valence-electron chi connectivity index (χ3n) is 3.32. The molecule has 1 heteroatoms. The highest BCUT2D eigenvalue weighted by atomic mass is 15.1. The van der Waals surface area contributed by atoms with Crippen molar-refractivity contribution >= 4 is 17.3 Å². The van der Waals surface area contributed by atoms with Crippen molar-refractivity contribution in [1.29, 1.82) is 0 Å². The van der Waals surface area contributed by atoms with E-state index in [1.807, 2.05) is 13.0 Å². The molecule has 0 saturated carbocycles. The van der Waals surface area contributed by atoms with Crippen molar-refractivity contribution < 1.29 is 0 Å². The summed E-state index contributed by atoms with van der Waals surface area (Å²) in [5.74, 6) is 0. The second-order valence-electron chi connectivity index (χ2n) is 4.81. The van der Waals surface area contributed by atoms with E-state index in [1.165, 1.54) is 5.56 Å². The topological polar surface area (TPSA) is 3.24 Å². The Hall–Kier alpha value is -1.76. The fourth-order valence-electron chi connectivity index (χ4n) is 2.22. The van der Waals surface area contributed by atoms with E-state index in [4.69, 9.17) is 0 Å². The van der Waals surface area contributed by atoms with Crippen LogP contribution in [0.25, 0.3) is 17.3 Å². The molecule has 0 atom stereocenters. The third-order valence-corrected chi connectivity index (χ3v) is 3.32. The Kier molecular flexibility index (Phi) is 5.62. The second-order valence-corrected chi connectivity index (χ2v) is 4.81. The predicted molar refractivity (Wildman–Crippen MR) is 87.8 cm³/mol. The van der Waals surface area contributed by atoms with Crippen molar-refractivity contribution in [3.8, 4) is 0 Å². The van der Waals surface area contributed by atoms with Gasteiger partial charge >= 0.3 is 0 Å². The summed E-state index contributed by atoms with van der Waals surface area (Å²) in [5, 5.41) is 0. The van der Waals surface area contributed by atoms with Crippen molar-refractivity contribution in [2.45, 2.75) is 27.2 Å². The van der Waals surface area contributed by atoms with Crippen LogP contribution in [0, 0.1) is 0 Å². The molecule has 0 aliphatic carbocycles. The van der Waals surface area contributed by atoms with Crippen LogP contribution < -0.4 is 0 Å². The van der Waals surface area contributed by atoms with Crippen LogP contribution in [0.2, 0.25) is 0 Å². The summed E-state index contributed by atoms with van der Waals surface area (Å²) in [5.41, 5.74) is 5.59. The maximum atomic E-state index is 4.24. The fraction of sp³-hybridized carbons (Fsp3) is 0.333. The van der Waals surface area contributed by atoms with Gasteiger partial charge in [0.05, 0.1) is 0 Å². The van der Waals surface area contributed by atoms with Gasteiger partial charge in [-0.3, -0.25) is 0 Å². The molecule has 1 aromatic rings. The Bertz CT molecular complexity index is 482. The van der Waals surface area contributed by atoms with Gasteiger partial charge < -0.3 is 4.90 Å². The van der Waals surface area contributed by atoms with Crippen LogP contribution in [-0.4, -0.2) is 18.0 Å². The van der Waals surface area contributed by atoms with Gasteiger partial charge in [0.25, 0.3) is 0 Å². The zero-order valence-corrected chi connectivity index (χ0v) is 12.5. The molecule has 0 saturated heterocycles. The summed E-state index contributed by atoms with van der Waals surface area (Å²) < 4.78 is 0. The Morgan fingerprint density at radius 3 is 2.42 bits per heavy atom. The first kappa shape index (κ1) is 15.3. The minimum absolute atomic E-state index is 0.984. The largest absolute Gasteiger partial charge is 0.372 e. The average Bonchev–Trinajstić information content (AvgIpc) is 2.43. The maximum absolute atomic E-state index is 4.24. The van der Waals surface area contributed by atoms with E-state index >= 15 is 0 Å². The molecule has 1 nitrogen and oxygen atoms in total. The van der Waals surface area contributed by atoms with Gasteiger partial charge in [-0.15, -0.1) is 0 Å². The van der Waals surface area contributed by atoms with Gasteiger partial charge in [-0.2, -0.15) is 0 Å². The molecule has 19 heavy (non-hydrogen) atoms. The van der Waals surface area contributed by atoms with Gasteiger partial charge in [-0.1, -0.05) is 50.4 Å². The maximum Gasteiger partial charge on any atom is 0.0366 e. The lowest BCUT2D eigenvalue weighted by Crippen LogP contribution is -2.22. The van der Waals surface area contributed by atoms with Crippen molar-refractivity contribution in [1.82, 2.24) is 4.90 Å². The molecular formula is C18H25N. The Labute approximate surface area is 118 Å². The molecule has 0 N–H and O–H groups in total. The highest BCUT2D eigenvalue weighted by molar-refractivity contribution is 5.75. The van der Waals surface area contributed by atoms with Crippen molar-refractivity contribution in [3.63, 3.8) is 0 Å². The first-order chi connectivity index (χ1) is 9.04. The molecule has 0 radical (unpaired) electrons. The van der Waals surface area contributed by atoms with E-state index in [2.05, 4.69) is 56.7 Å². The number of rotatable bonds is 7. The lowest BCUT2D eigenvalue weighted by atomic mass is 9.97. The molecule has 0 spiro atoms. The van der Waals surface area contributed by atoms with Crippen LogP contribution in [-0.2, 0) is 0 Å². The molecule has 0 heterocycles. The van der Waals surface area contributed by atoms with Gasteiger partial charge in [0, 0.05) is 18.8 Å². The Morgan fingerprint density at radius 2 is 1.95 bits per heavy atom. The highest BCUT2D eigenvalue weighted by Gasteiger charge is 2.09. The van der Waals surface area contributed by atoms with E-state index in [1.54, 1.807) is 0 Å². The molecule has 0 aliphatic rings. The SMILES string of the molecule is C=Cc1ccc(C(=C)N(CC)CCC)cc1C(=C)C. The minimum Gasteiger partial charge on any atom is -0.372 e. The summed E-state index contributed by atoms with van der Waals surface area (Å²) in [7, 11) is 0. The molecule has 0 fully saturated rings. The van der Waals surface area contributed by atoms with Crippen LogP contribution in [0.5, 0.6) is 0 Å². The molecule has 1 aromatic carbocycles. The molecule has 0 aliphatic heterocycles. The van der Waals surface area contributed by atoms with E-state index < -0.39 is 0 Å². The Morgan fingerprint density at radius 1 is 1.26 bits per heavy atom. The van der Waals surface area contributed by atoms with Crippen molar-refractivity contribution in [2.24, 2.45) is 0 Å². The summed E-state index contributed by atoms with van der Waals surface area (Å²) in [4.78, 5) is 2.31. The van der Waals surface area contributed by atoms with Crippen molar-refractivity contribution in [2.75, 3.05) is 13.1 Å². The smallest absolute Gasteiger partial charge is 0.0366 e. The second kappa shape index (κ2) is 6.98. The van der Waals surface area contributed by atoms with Gasteiger partial charge in [-0.05, 0) is 43.0 Å². The number of allylic oxidation sites excluding steroid dienone is 1. The van der Waals surface area contributed by atoms with Gasteiger partial charge in [0.15, 0.2) is 0 Å². The first-order valence-electron chi connectivity index (χ1n) is 6.91. The quantitative estimate of drug-likeness (QED) is 0.658. The van der Waals surface area contributed by atoms with Crippen molar-refractivity contribution in [3.05, 3.63) is 54.6 Å². The monoisotopic (exact) mass is 255 g/mol. The van der Waals surface area contributed by atoms with E-state index in [0.29, 0.717) is 0 Å². The molecule has 0 unspecified atom stereocenters. The summed E-state index contributed by atoms with van der Waals surface area (Å²) >= 11 is 0. The molecule has 0 bridgehead atoms. The van der Waals surface area contributed by atoms with E-state index in [0.717, 1.165) is 41.9 Å². The fourth-order valence-corrected chi connectivity index (χ4v) is 2.22. The Balaban J connectivity index is 3.14. The van der Waals surface area contributed by atoms with Crippen LogP contribution in [0.1, 0.15) is 43.9 Å². The standard InChI is InChI=1S/C18H25N/c1-7-12-19(9-3)15(6)17-11-10-16(8-2)18(13-17)14(4)5/h8,10-11,13H,2,4,6-7,9,12H2,1,3,5H3. The van der Waals surface area contributed by atoms with E-state index in [-0.39, 0.29) is 0 Å². The van der Waals surface area contributed by atoms with Gasteiger partial charge in [0.2, 0.25) is 0 Å². The summed E-state index contributed by atoms with van der Waals surface area (Å²) in [6, 6.07) is 6.38. The van der Waals surface area contributed by atoms with Crippen LogP contribution in [0.15, 0.2) is 37.9 Å². The number of nitrogens with zero attached hydrogens (tertiary/aromatic N) is 1. The third kappa shape index (κ3) is 3.60. The number of hydrogen-bond acceptors (Lipinski definition) is 1. The first-order valence-corrected chi connectivity index (χ1v) is 6.91. The zero-order chi connectivity index (χ0) is 14.4. The normalized spacial score (nSPS) is 10.1. The molecular weight excluding hydrogens is 230 g/mol. The highest BCUT2D eigenvalue weighted by Crippen LogP contribution is 2.25. The number of hydrogen-bond donors (Lipinski definition) is 0. The summed E-state index contributed by atoms with van der Waals surface area (Å²) in [6.07, 6.45) is 3.01. The number of benzene rings is 1. The van der Waals surface area contributed by atoms with Gasteiger partial charge in [-0.25, -0.2) is 0 Å². The molecule has 0 aromatic heterocycles. The predicted octanol–water partition coefficient (Wildman–Crippen LogP) is 5.07. The molecule has 1 rings (SSSR count). The van der Waals surface area contributed by atoms with E-state index in [9.17, 15) is 0 Å². The molecule has 0 amide bonds. The lowest BCUT2D eigenvalue weighted by molar-refractivity contribution is 0.418. The van der Waals surface area contributed by atoms with Crippen LogP contribution in [0.4, 0.5) is 0 Å². The van der Waals surface area contributed by atoms with Crippen LogP contribution >= 0.6 is 0 Å². The average molecular weight is 255 g/mol. The minimum atomic E-state index is 0.984. The van der Waals surface area contributed by atoms with Gasteiger partial charge in [0.1, 0.15) is 0 Å². The molecule has 102 valence electrons. The van der Waals surface area contributed by atoms with Crippen LogP contribution in [0.3, 0.4) is 0 Å². The summed E-state index contributed by atoms with van der Waals surface area (Å²) in [6.45, 7) is 20.6.